The van der Waals surface area contributed by atoms with E-state index in [0.717, 1.165) is 6.08 Å². The topological polar surface area (TPSA) is 89.6 Å². The van der Waals surface area contributed by atoms with Crippen molar-refractivity contribution in [2.45, 2.75) is 12.5 Å². The first-order valence-electron chi connectivity index (χ1n) is 4.39. The number of hydrogen-bond donors (Lipinski definition) is 2. The molecule has 0 spiro atoms. The highest BCUT2D eigenvalue weighted by atomic mass is 16.5. The molecule has 5 nitrogen and oxygen atoms in total. The number of carbonyl (C=O) groups is 2. The van der Waals surface area contributed by atoms with E-state index in [1.54, 1.807) is 0 Å². The number of ketones is 1. The van der Waals surface area contributed by atoms with E-state index in [9.17, 15) is 14.7 Å². The van der Waals surface area contributed by atoms with Gasteiger partial charge >= 0.3 is 5.97 Å². The highest BCUT2D eigenvalue weighted by Gasteiger charge is 2.44. The van der Waals surface area contributed by atoms with Crippen LogP contribution in [0.25, 0.3) is 0 Å². The first-order valence-corrected chi connectivity index (χ1v) is 4.39. The number of esters is 1. The lowest BCUT2D eigenvalue weighted by molar-refractivity contribution is -0.155. The Hall–Kier alpha value is -1.62. The smallest absolute Gasteiger partial charge is 0.316 e. The molecule has 0 saturated heterocycles. The zero-order valence-corrected chi connectivity index (χ0v) is 8.56. The number of methoxy groups -OCH3 is 1. The van der Waals surface area contributed by atoms with E-state index in [1.807, 2.05) is 0 Å². The van der Waals surface area contributed by atoms with Crippen molar-refractivity contribution in [1.29, 1.82) is 0 Å². The SMILES string of the molecule is COC(=O)C1C=CC(N)=CC1(O)C(C)=O. The normalized spacial score (nSPS) is 29.5. The maximum Gasteiger partial charge on any atom is 0.316 e. The zero-order chi connectivity index (χ0) is 11.6. The Morgan fingerprint density at radius 2 is 2.20 bits per heavy atom. The minimum absolute atomic E-state index is 0.243. The molecule has 1 aliphatic carbocycles. The first kappa shape index (κ1) is 11.5. The van der Waals surface area contributed by atoms with Crippen molar-refractivity contribution in [3.8, 4) is 0 Å². The van der Waals surface area contributed by atoms with Crippen molar-refractivity contribution in [2.24, 2.45) is 11.7 Å². The Morgan fingerprint density at radius 1 is 1.60 bits per heavy atom. The third-order valence-corrected chi connectivity index (χ3v) is 2.36. The van der Waals surface area contributed by atoms with Crippen molar-refractivity contribution in [2.75, 3.05) is 7.11 Å². The molecule has 15 heavy (non-hydrogen) atoms. The number of nitrogens with two attached hydrogens (primary N) is 1. The average molecular weight is 211 g/mol. The predicted molar refractivity (Wildman–Crippen MR) is 52.5 cm³/mol. The quantitative estimate of drug-likeness (QED) is 0.601. The number of Topliss-reactive ketones (excluding diaryl/α,β-unsaturated/α-hetero) is 1. The third-order valence-electron chi connectivity index (χ3n) is 2.36. The van der Waals surface area contributed by atoms with Crippen molar-refractivity contribution < 1.29 is 19.4 Å². The lowest BCUT2D eigenvalue weighted by Crippen LogP contribution is -2.48. The minimum atomic E-state index is -1.90. The van der Waals surface area contributed by atoms with Crippen LogP contribution in [0.4, 0.5) is 0 Å². The van der Waals surface area contributed by atoms with Gasteiger partial charge in [-0.15, -0.1) is 0 Å². The van der Waals surface area contributed by atoms with Crippen LogP contribution in [-0.4, -0.2) is 29.6 Å². The van der Waals surface area contributed by atoms with Gasteiger partial charge in [0.15, 0.2) is 11.4 Å². The fraction of sp³-hybridized carbons (Fsp3) is 0.400. The molecule has 0 aromatic carbocycles. The highest BCUT2D eigenvalue weighted by molar-refractivity contribution is 5.94. The van der Waals surface area contributed by atoms with Crippen LogP contribution in [0.1, 0.15) is 6.92 Å². The number of rotatable bonds is 2. The molecule has 0 bridgehead atoms. The monoisotopic (exact) mass is 211 g/mol. The van der Waals surface area contributed by atoms with Crippen molar-refractivity contribution in [1.82, 2.24) is 0 Å². The molecule has 0 amide bonds. The molecule has 1 aliphatic rings. The van der Waals surface area contributed by atoms with Crippen molar-refractivity contribution in [3.63, 3.8) is 0 Å². The molecule has 3 N–H and O–H groups in total. The van der Waals surface area contributed by atoms with Crippen LogP contribution in [0.3, 0.4) is 0 Å². The van der Waals surface area contributed by atoms with Gasteiger partial charge < -0.3 is 15.6 Å². The summed E-state index contributed by atoms with van der Waals surface area (Å²) in [6.07, 6.45) is 3.98. The summed E-state index contributed by atoms with van der Waals surface area (Å²) in [5, 5.41) is 10.0. The van der Waals surface area contributed by atoms with Gasteiger partial charge in [-0.05, 0) is 19.1 Å². The zero-order valence-electron chi connectivity index (χ0n) is 8.56. The Morgan fingerprint density at radius 3 is 2.67 bits per heavy atom. The molecular formula is C10H13NO4. The number of ether oxygens (including phenoxy) is 1. The standard InChI is InChI=1S/C10H13NO4/c1-6(12)10(14)5-7(11)3-4-8(10)9(13)15-2/h3-5,8,14H,11H2,1-2H3. The van der Waals surface area contributed by atoms with Gasteiger partial charge in [-0.1, -0.05) is 6.08 Å². The van der Waals surface area contributed by atoms with E-state index in [4.69, 9.17) is 5.73 Å². The number of carbonyl (C=O) groups excluding carboxylic acids is 2. The second kappa shape index (κ2) is 3.86. The molecular weight excluding hydrogens is 198 g/mol. The molecule has 0 aliphatic heterocycles. The van der Waals surface area contributed by atoms with Gasteiger partial charge in [-0.25, -0.2) is 0 Å². The molecule has 0 fully saturated rings. The number of allylic oxidation sites excluding steroid dienone is 1. The molecule has 0 radical (unpaired) electrons. The fourth-order valence-electron chi connectivity index (χ4n) is 1.45. The average Bonchev–Trinajstić information content (AvgIpc) is 2.16. The lowest BCUT2D eigenvalue weighted by atomic mass is 9.80. The van der Waals surface area contributed by atoms with Gasteiger partial charge in [0, 0.05) is 5.70 Å². The summed E-state index contributed by atoms with van der Waals surface area (Å²) < 4.78 is 4.50. The van der Waals surface area contributed by atoms with Gasteiger partial charge in [-0.3, -0.25) is 9.59 Å². The second-order valence-electron chi connectivity index (χ2n) is 3.39. The molecule has 0 heterocycles. The van der Waals surface area contributed by atoms with E-state index in [-0.39, 0.29) is 5.70 Å². The van der Waals surface area contributed by atoms with Gasteiger partial charge in [0.1, 0.15) is 5.92 Å². The first-order chi connectivity index (χ1) is 6.91. The van der Waals surface area contributed by atoms with Crippen LogP contribution in [-0.2, 0) is 14.3 Å². The Balaban J connectivity index is 3.13. The summed E-state index contributed by atoms with van der Waals surface area (Å²) in [5.41, 5.74) is 3.81. The van der Waals surface area contributed by atoms with Gasteiger partial charge in [0.25, 0.3) is 0 Å². The van der Waals surface area contributed by atoms with Crippen LogP contribution in [0.2, 0.25) is 0 Å². The Bertz CT molecular complexity index is 358. The van der Waals surface area contributed by atoms with E-state index in [0.29, 0.717) is 0 Å². The summed E-state index contributed by atoms with van der Waals surface area (Å²) in [4.78, 5) is 22.6. The minimum Gasteiger partial charge on any atom is -0.468 e. The fourth-order valence-corrected chi connectivity index (χ4v) is 1.45. The molecule has 0 aromatic rings. The van der Waals surface area contributed by atoms with Crippen LogP contribution in [0.5, 0.6) is 0 Å². The van der Waals surface area contributed by atoms with E-state index in [1.165, 1.54) is 26.2 Å². The molecule has 0 aromatic heterocycles. The van der Waals surface area contributed by atoms with Crippen LogP contribution in [0.15, 0.2) is 23.9 Å². The predicted octanol–water partition coefficient (Wildman–Crippen LogP) is -0.492. The van der Waals surface area contributed by atoms with Gasteiger partial charge in [-0.2, -0.15) is 0 Å². The van der Waals surface area contributed by atoms with Crippen LogP contribution in [0, 0.1) is 5.92 Å². The molecule has 2 atom stereocenters. The number of aliphatic hydroxyl groups is 1. The molecule has 2 unspecified atom stereocenters. The van der Waals surface area contributed by atoms with E-state index < -0.39 is 23.3 Å². The van der Waals surface area contributed by atoms with E-state index >= 15 is 0 Å². The summed E-state index contributed by atoms with van der Waals surface area (Å²) >= 11 is 0. The van der Waals surface area contributed by atoms with Gasteiger partial charge in [0.2, 0.25) is 0 Å². The lowest BCUT2D eigenvalue weighted by Gasteiger charge is -2.30. The maximum absolute atomic E-state index is 11.3. The molecule has 0 saturated carbocycles. The largest absolute Gasteiger partial charge is 0.468 e. The Kier molecular flexibility index (Phi) is 2.95. The van der Waals surface area contributed by atoms with Crippen molar-refractivity contribution >= 4 is 11.8 Å². The summed E-state index contributed by atoms with van der Waals surface area (Å²) in [5.74, 6) is -2.26. The second-order valence-corrected chi connectivity index (χ2v) is 3.39. The highest BCUT2D eigenvalue weighted by Crippen LogP contribution is 2.28. The third kappa shape index (κ3) is 1.92. The van der Waals surface area contributed by atoms with E-state index in [2.05, 4.69) is 4.74 Å². The Labute approximate surface area is 87.2 Å². The molecule has 1 rings (SSSR count). The van der Waals surface area contributed by atoms with Crippen LogP contribution >= 0.6 is 0 Å². The number of hydrogen-bond acceptors (Lipinski definition) is 5. The molecule has 82 valence electrons. The van der Waals surface area contributed by atoms with Gasteiger partial charge in [0.05, 0.1) is 7.11 Å². The van der Waals surface area contributed by atoms with Crippen molar-refractivity contribution in [3.05, 3.63) is 23.9 Å². The summed E-state index contributed by atoms with van der Waals surface area (Å²) in [7, 11) is 1.19. The summed E-state index contributed by atoms with van der Waals surface area (Å²) in [6.45, 7) is 1.19. The van der Waals surface area contributed by atoms with Crippen LogP contribution < -0.4 is 5.73 Å². The molecule has 5 heteroatoms. The maximum atomic E-state index is 11.3. The summed E-state index contributed by atoms with van der Waals surface area (Å²) in [6, 6.07) is 0.